The summed E-state index contributed by atoms with van der Waals surface area (Å²) >= 11 is 0. The van der Waals surface area contributed by atoms with Crippen LogP contribution in [-0.2, 0) is 11.2 Å². The van der Waals surface area contributed by atoms with E-state index in [1.807, 2.05) is 35.4 Å². The smallest absolute Gasteiger partial charge is 0.240 e. The Bertz CT molecular complexity index is 653. The topological polar surface area (TPSA) is 45.2 Å². The number of carbonyl (C=O) groups excluding carboxylic acids is 1. The molecule has 25 heavy (non-hydrogen) atoms. The molecular weight excluding hydrogens is 310 g/mol. The fourth-order valence-electron chi connectivity index (χ4n) is 3.43. The first-order valence-electron chi connectivity index (χ1n) is 9.23. The zero-order chi connectivity index (χ0) is 17.5. The molecule has 0 spiro atoms. The van der Waals surface area contributed by atoms with Crippen molar-refractivity contribution in [2.45, 2.75) is 44.7 Å². The second-order valence-electron chi connectivity index (χ2n) is 6.80. The number of carbonyl (C=O) groups is 1. The molecule has 2 aromatic rings. The highest BCUT2D eigenvalue weighted by Gasteiger charge is 2.27. The molecule has 2 atom stereocenters. The Labute approximate surface area is 150 Å². The van der Waals surface area contributed by atoms with Gasteiger partial charge in [-0.25, -0.2) is 0 Å². The van der Waals surface area contributed by atoms with Gasteiger partial charge in [0.15, 0.2) is 0 Å². The van der Waals surface area contributed by atoms with Crippen molar-refractivity contribution in [3.05, 3.63) is 66.0 Å². The number of rotatable bonds is 6. The lowest BCUT2D eigenvalue weighted by Gasteiger charge is -2.32. The van der Waals surface area contributed by atoms with E-state index >= 15 is 0 Å². The SMILES string of the molecule is C[C@@H](N[C@@H](Cc1ccccc1)C(=O)N1CCCCC1)c1cccnc1. The number of piperidine rings is 1. The number of likely N-dealkylation sites (tertiary alicyclic amines) is 1. The Morgan fingerprint density at radius 3 is 2.56 bits per heavy atom. The van der Waals surface area contributed by atoms with Gasteiger partial charge in [-0.05, 0) is 49.8 Å². The maximum atomic E-state index is 13.1. The second kappa shape index (κ2) is 8.77. The maximum Gasteiger partial charge on any atom is 0.240 e. The molecule has 0 bridgehead atoms. The minimum Gasteiger partial charge on any atom is -0.341 e. The Hall–Kier alpha value is -2.20. The summed E-state index contributed by atoms with van der Waals surface area (Å²) in [6.45, 7) is 3.86. The van der Waals surface area contributed by atoms with Crippen molar-refractivity contribution in [1.29, 1.82) is 0 Å². The molecule has 132 valence electrons. The van der Waals surface area contributed by atoms with Gasteiger partial charge in [0.2, 0.25) is 5.91 Å². The minimum atomic E-state index is -0.212. The summed E-state index contributed by atoms with van der Waals surface area (Å²) < 4.78 is 0. The van der Waals surface area contributed by atoms with Crippen LogP contribution < -0.4 is 5.32 Å². The highest BCUT2D eigenvalue weighted by molar-refractivity contribution is 5.82. The third kappa shape index (κ3) is 4.89. The van der Waals surface area contributed by atoms with Crippen molar-refractivity contribution < 1.29 is 4.79 Å². The van der Waals surface area contributed by atoms with Gasteiger partial charge >= 0.3 is 0 Å². The van der Waals surface area contributed by atoms with E-state index in [1.54, 1.807) is 6.20 Å². The molecule has 1 aromatic heterocycles. The molecule has 2 heterocycles. The van der Waals surface area contributed by atoms with E-state index < -0.39 is 0 Å². The van der Waals surface area contributed by atoms with Gasteiger partial charge in [0.1, 0.15) is 0 Å². The van der Waals surface area contributed by atoms with Crippen LogP contribution in [0.5, 0.6) is 0 Å². The Balaban J connectivity index is 1.74. The van der Waals surface area contributed by atoms with Gasteiger partial charge in [-0.1, -0.05) is 36.4 Å². The quantitative estimate of drug-likeness (QED) is 0.879. The third-order valence-electron chi connectivity index (χ3n) is 4.88. The van der Waals surface area contributed by atoms with Gasteiger partial charge < -0.3 is 4.90 Å². The highest BCUT2D eigenvalue weighted by atomic mass is 16.2. The monoisotopic (exact) mass is 337 g/mol. The molecule has 1 fully saturated rings. The largest absolute Gasteiger partial charge is 0.341 e. The van der Waals surface area contributed by atoms with Gasteiger partial charge in [0, 0.05) is 31.5 Å². The number of benzene rings is 1. The van der Waals surface area contributed by atoms with Crippen LogP contribution in [0.3, 0.4) is 0 Å². The Morgan fingerprint density at radius 1 is 1.12 bits per heavy atom. The van der Waals surface area contributed by atoms with Crippen LogP contribution in [-0.4, -0.2) is 34.9 Å². The average Bonchev–Trinajstić information content (AvgIpc) is 2.69. The van der Waals surface area contributed by atoms with Crippen LogP contribution in [0.2, 0.25) is 0 Å². The number of hydrogen-bond acceptors (Lipinski definition) is 3. The number of hydrogen-bond donors (Lipinski definition) is 1. The summed E-state index contributed by atoms with van der Waals surface area (Å²) in [5, 5.41) is 3.55. The number of aromatic nitrogens is 1. The lowest BCUT2D eigenvalue weighted by molar-refractivity contribution is -0.134. The van der Waals surface area contributed by atoms with Crippen molar-refractivity contribution in [3.63, 3.8) is 0 Å². The zero-order valence-corrected chi connectivity index (χ0v) is 14.9. The summed E-state index contributed by atoms with van der Waals surface area (Å²) in [4.78, 5) is 19.3. The molecule has 1 amide bonds. The molecule has 1 aromatic carbocycles. The van der Waals surface area contributed by atoms with Crippen molar-refractivity contribution in [1.82, 2.24) is 15.2 Å². The van der Waals surface area contributed by atoms with E-state index in [-0.39, 0.29) is 18.0 Å². The van der Waals surface area contributed by atoms with Crippen molar-refractivity contribution >= 4 is 5.91 Å². The number of nitrogens with zero attached hydrogens (tertiary/aromatic N) is 2. The molecule has 1 saturated heterocycles. The summed E-state index contributed by atoms with van der Waals surface area (Å²) in [6.07, 6.45) is 7.80. The van der Waals surface area contributed by atoms with Gasteiger partial charge in [0.05, 0.1) is 6.04 Å². The second-order valence-corrected chi connectivity index (χ2v) is 6.80. The van der Waals surface area contributed by atoms with Gasteiger partial charge in [-0.3, -0.25) is 15.1 Å². The molecule has 0 aliphatic carbocycles. The molecule has 0 unspecified atom stereocenters. The molecule has 0 radical (unpaired) electrons. The summed E-state index contributed by atoms with van der Waals surface area (Å²) in [5.41, 5.74) is 2.29. The number of nitrogens with one attached hydrogen (secondary N) is 1. The molecule has 1 N–H and O–H groups in total. The first-order chi connectivity index (χ1) is 12.2. The fraction of sp³-hybridized carbons (Fsp3) is 0.429. The molecule has 3 rings (SSSR count). The molecule has 1 aliphatic rings. The number of pyridine rings is 1. The predicted octanol–water partition coefficient (Wildman–Crippen LogP) is 3.36. The van der Waals surface area contributed by atoms with Crippen LogP contribution in [0.25, 0.3) is 0 Å². The third-order valence-corrected chi connectivity index (χ3v) is 4.88. The molecule has 1 aliphatic heterocycles. The molecule has 4 nitrogen and oxygen atoms in total. The van der Waals surface area contributed by atoms with Crippen molar-refractivity contribution in [2.24, 2.45) is 0 Å². The fourth-order valence-corrected chi connectivity index (χ4v) is 3.43. The lowest BCUT2D eigenvalue weighted by atomic mass is 10.0. The van der Waals surface area contributed by atoms with Crippen molar-refractivity contribution in [3.8, 4) is 0 Å². The van der Waals surface area contributed by atoms with Gasteiger partial charge in [0.25, 0.3) is 0 Å². The summed E-state index contributed by atoms with van der Waals surface area (Å²) in [6, 6.07) is 14.1. The normalized spacial score (nSPS) is 17.1. The van der Waals surface area contributed by atoms with Gasteiger partial charge in [-0.15, -0.1) is 0 Å². The lowest BCUT2D eigenvalue weighted by Crippen LogP contribution is -2.49. The Kier molecular flexibility index (Phi) is 6.18. The molecular formula is C21H27N3O. The van der Waals surface area contributed by atoms with E-state index in [9.17, 15) is 4.79 Å². The van der Waals surface area contributed by atoms with E-state index in [1.165, 1.54) is 12.0 Å². The van der Waals surface area contributed by atoms with E-state index in [4.69, 9.17) is 0 Å². The van der Waals surface area contributed by atoms with E-state index in [2.05, 4.69) is 35.4 Å². The Morgan fingerprint density at radius 2 is 1.88 bits per heavy atom. The van der Waals surface area contributed by atoms with Crippen LogP contribution >= 0.6 is 0 Å². The first-order valence-corrected chi connectivity index (χ1v) is 9.23. The van der Waals surface area contributed by atoms with Crippen molar-refractivity contribution in [2.75, 3.05) is 13.1 Å². The van der Waals surface area contributed by atoms with Crippen LogP contribution in [0.1, 0.15) is 43.4 Å². The standard InChI is InChI=1S/C21H27N3O/c1-17(19-11-8-12-22-16-19)23-20(15-18-9-4-2-5-10-18)21(25)24-13-6-3-7-14-24/h2,4-5,8-12,16-17,20,23H,3,6-7,13-15H2,1H3/t17-,20+/m1/s1. The van der Waals surface area contributed by atoms with Crippen LogP contribution in [0, 0.1) is 0 Å². The highest BCUT2D eigenvalue weighted by Crippen LogP contribution is 2.16. The minimum absolute atomic E-state index is 0.0798. The number of amides is 1. The summed E-state index contributed by atoms with van der Waals surface area (Å²) in [5.74, 6) is 0.222. The predicted molar refractivity (Wildman–Crippen MR) is 100 cm³/mol. The molecule has 4 heteroatoms. The van der Waals surface area contributed by atoms with E-state index in [0.29, 0.717) is 6.42 Å². The van der Waals surface area contributed by atoms with E-state index in [0.717, 1.165) is 31.5 Å². The van der Waals surface area contributed by atoms with Gasteiger partial charge in [-0.2, -0.15) is 0 Å². The van der Waals surface area contributed by atoms with Crippen LogP contribution in [0.15, 0.2) is 54.9 Å². The average molecular weight is 337 g/mol. The molecule has 0 saturated carbocycles. The maximum absolute atomic E-state index is 13.1. The zero-order valence-electron chi connectivity index (χ0n) is 14.9. The van der Waals surface area contributed by atoms with Crippen LogP contribution in [0.4, 0.5) is 0 Å². The first kappa shape index (κ1) is 17.6. The summed E-state index contributed by atoms with van der Waals surface area (Å²) in [7, 11) is 0.